The third-order valence-corrected chi connectivity index (χ3v) is 5.63. The van der Waals surface area contributed by atoms with Crippen molar-refractivity contribution in [2.75, 3.05) is 9.96 Å². The number of rotatable bonds is 3. The summed E-state index contributed by atoms with van der Waals surface area (Å²) in [4.78, 5) is 33.7. The fourth-order valence-electron chi connectivity index (χ4n) is 4.16. The maximum atomic E-state index is 13.4. The Morgan fingerprint density at radius 2 is 1.47 bits per heavy atom. The molecule has 0 aliphatic carbocycles. The number of anilines is 2. The Morgan fingerprint density at radius 3 is 2.13 bits per heavy atom. The number of hydroxylamine groups is 1. The van der Waals surface area contributed by atoms with Crippen LogP contribution >= 0.6 is 0 Å². The third kappa shape index (κ3) is 2.88. The second kappa shape index (κ2) is 7.07. The number of carbonyl (C=O) groups excluding carboxylic acids is 2. The van der Waals surface area contributed by atoms with E-state index < -0.39 is 29.8 Å². The van der Waals surface area contributed by atoms with Crippen molar-refractivity contribution in [1.82, 2.24) is 0 Å². The van der Waals surface area contributed by atoms with E-state index in [1.807, 2.05) is 61.5 Å². The minimum atomic E-state index is -0.936. The Labute approximate surface area is 173 Å². The number of benzene rings is 3. The fourth-order valence-corrected chi connectivity index (χ4v) is 4.16. The lowest BCUT2D eigenvalue weighted by Gasteiger charge is -2.28. The van der Waals surface area contributed by atoms with Crippen LogP contribution in [0.3, 0.4) is 0 Å². The van der Waals surface area contributed by atoms with Gasteiger partial charge < -0.3 is 0 Å². The molecule has 5 rings (SSSR count). The summed E-state index contributed by atoms with van der Waals surface area (Å²) in [5, 5.41) is 1.66. The summed E-state index contributed by atoms with van der Waals surface area (Å²) in [5.41, 5.74) is 3.10. The first-order valence-electron chi connectivity index (χ1n) is 9.75. The molecule has 2 amide bonds. The Hall–Kier alpha value is -3.51. The SMILES string of the molecule is Cc1ccc([C@@H]2[C@@H]3C(=O)N(c4ccc(F)cc4)C(=O)[C@@H]3ON2c2ccccc2)cc1. The van der Waals surface area contributed by atoms with Gasteiger partial charge in [0.05, 0.1) is 17.4 Å². The molecule has 2 saturated heterocycles. The predicted octanol–water partition coefficient (Wildman–Crippen LogP) is 4.19. The minimum absolute atomic E-state index is 0.346. The molecule has 30 heavy (non-hydrogen) atoms. The van der Waals surface area contributed by atoms with Crippen LogP contribution in [0.4, 0.5) is 15.8 Å². The molecule has 2 fully saturated rings. The van der Waals surface area contributed by atoms with Gasteiger partial charge in [-0.15, -0.1) is 0 Å². The van der Waals surface area contributed by atoms with E-state index in [-0.39, 0.29) is 5.91 Å². The zero-order valence-corrected chi connectivity index (χ0v) is 16.2. The summed E-state index contributed by atoms with van der Waals surface area (Å²) >= 11 is 0. The molecule has 0 bridgehead atoms. The van der Waals surface area contributed by atoms with E-state index in [1.165, 1.54) is 24.3 Å². The van der Waals surface area contributed by atoms with Crippen molar-refractivity contribution in [3.05, 3.63) is 95.8 Å². The van der Waals surface area contributed by atoms with Crippen LogP contribution in [-0.4, -0.2) is 17.9 Å². The summed E-state index contributed by atoms with van der Waals surface area (Å²) in [6.45, 7) is 1.99. The Bertz CT molecular complexity index is 1100. The molecule has 0 spiro atoms. The van der Waals surface area contributed by atoms with E-state index in [1.54, 1.807) is 5.06 Å². The van der Waals surface area contributed by atoms with E-state index in [9.17, 15) is 14.0 Å². The molecule has 3 aromatic carbocycles. The number of hydrogen-bond donors (Lipinski definition) is 0. The zero-order chi connectivity index (χ0) is 20.8. The molecule has 0 saturated carbocycles. The van der Waals surface area contributed by atoms with Crippen LogP contribution in [-0.2, 0) is 14.4 Å². The van der Waals surface area contributed by atoms with Gasteiger partial charge in [-0.25, -0.2) is 14.4 Å². The first kappa shape index (κ1) is 18.5. The average Bonchev–Trinajstić information content (AvgIpc) is 3.27. The quantitative estimate of drug-likeness (QED) is 0.617. The van der Waals surface area contributed by atoms with Crippen LogP contribution in [0.1, 0.15) is 17.2 Å². The largest absolute Gasteiger partial charge is 0.273 e. The second-order valence-corrected chi connectivity index (χ2v) is 7.56. The number of halogens is 1. The molecular weight excluding hydrogens is 383 g/mol. The first-order chi connectivity index (χ1) is 14.5. The van der Waals surface area contributed by atoms with Crippen molar-refractivity contribution in [3.63, 3.8) is 0 Å². The summed E-state index contributed by atoms with van der Waals surface area (Å²) in [6.07, 6.45) is -0.936. The molecule has 3 aromatic rings. The van der Waals surface area contributed by atoms with Crippen LogP contribution < -0.4 is 9.96 Å². The van der Waals surface area contributed by atoms with Gasteiger partial charge in [0, 0.05) is 0 Å². The summed E-state index contributed by atoms with van der Waals surface area (Å²) in [5.74, 6) is -1.92. The third-order valence-electron chi connectivity index (χ3n) is 5.63. The smallest absolute Gasteiger partial charge is 0.266 e. The van der Waals surface area contributed by atoms with E-state index in [0.29, 0.717) is 5.69 Å². The highest BCUT2D eigenvalue weighted by molar-refractivity contribution is 6.23. The number of nitrogens with zero attached hydrogens (tertiary/aromatic N) is 2. The predicted molar refractivity (Wildman–Crippen MR) is 110 cm³/mol. The average molecular weight is 402 g/mol. The van der Waals surface area contributed by atoms with Crippen LogP contribution in [0.2, 0.25) is 0 Å². The summed E-state index contributed by atoms with van der Waals surface area (Å²) in [7, 11) is 0. The highest BCUT2D eigenvalue weighted by Crippen LogP contribution is 2.47. The van der Waals surface area contributed by atoms with Crippen LogP contribution in [0.5, 0.6) is 0 Å². The minimum Gasteiger partial charge on any atom is -0.273 e. The summed E-state index contributed by atoms with van der Waals surface area (Å²) < 4.78 is 13.3. The van der Waals surface area contributed by atoms with Crippen LogP contribution in [0.15, 0.2) is 78.9 Å². The number of aryl methyl sites for hydroxylation is 1. The molecule has 2 heterocycles. The maximum Gasteiger partial charge on any atom is 0.266 e. The van der Waals surface area contributed by atoms with Crippen molar-refractivity contribution >= 4 is 23.2 Å². The molecule has 2 aliphatic rings. The van der Waals surface area contributed by atoms with E-state index in [0.717, 1.165) is 21.7 Å². The van der Waals surface area contributed by atoms with Crippen LogP contribution in [0.25, 0.3) is 0 Å². The van der Waals surface area contributed by atoms with Crippen molar-refractivity contribution in [1.29, 1.82) is 0 Å². The number of imide groups is 1. The molecule has 0 aromatic heterocycles. The van der Waals surface area contributed by atoms with Gasteiger partial charge in [-0.1, -0.05) is 48.0 Å². The number of carbonyl (C=O) groups is 2. The molecule has 5 nitrogen and oxygen atoms in total. The van der Waals surface area contributed by atoms with Gasteiger partial charge in [0.2, 0.25) is 5.91 Å². The van der Waals surface area contributed by atoms with Crippen molar-refractivity contribution < 1.29 is 18.8 Å². The Balaban J connectivity index is 1.58. The number of hydrogen-bond acceptors (Lipinski definition) is 4. The number of amides is 2. The van der Waals surface area contributed by atoms with Crippen molar-refractivity contribution in [2.24, 2.45) is 5.92 Å². The maximum absolute atomic E-state index is 13.4. The second-order valence-electron chi connectivity index (χ2n) is 7.56. The highest BCUT2D eigenvalue weighted by atomic mass is 19.1. The van der Waals surface area contributed by atoms with Gasteiger partial charge in [-0.3, -0.25) is 14.4 Å². The standard InChI is InChI=1S/C24H19FN2O3/c1-15-7-9-16(10-8-15)21-20-22(30-27(21)19-5-3-2-4-6-19)24(29)26(23(20)28)18-13-11-17(25)12-14-18/h2-14,20-22H,1H3/t20-,21+,22+/m0/s1. The van der Waals surface area contributed by atoms with E-state index in [4.69, 9.17) is 4.84 Å². The van der Waals surface area contributed by atoms with Gasteiger partial charge >= 0.3 is 0 Å². The van der Waals surface area contributed by atoms with Crippen LogP contribution in [0, 0.1) is 18.7 Å². The number of fused-ring (bicyclic) bond motifs is 1. The normalized spacial score (nSPS) is 23.2. The van der Waals surface area contributed by atoms with Gasteiger partial charge in [-0.2, -0.15) is 0 Å². The molecule has 6 heteroatoms. The molecule has 0 radical (unpaired) electrons. The lowest BCUT2D eigenvalue weighted by molar-refractivity contribution is -0.126. The van der Waals surface area contributed by atoms with E-state index in [2.05, 4.69) is 0 Å². The molecular formula is C24H19FN2O3. The Kier molecular flexibility index (Phi) is 4.37. The van der Waals surface area contributed by atoms with Gasteiger partial charge in [0.25, 0.3) is 5.91 Å². The monoisotopic (exact) mass is 402 g/mol. The highest BCUT2D eigenvalue weighted by Gasteiger charge is 2.60. The topological polar surface area (TPSA) is 49.9 Å². The molecule has 3 atom stereocenters. The lowest BCUT2D eigenvalue weighted by Crippen LogP contribution is -2.37. The molecule has 0 N–H and O–H groups in total. The Morgan fingerprint density at radius 1 is 0.800 bits per heavy atom. The number of para-hydroxylation sites is 1. The van der Waals surface area contributed by atoms with Gasteiger partial charge in [0.15, 0.2) is 6.10 Å². The fraction of sp³-hybridized carbons (Fsp3) is 0.167. The molecule has 150 valence electrons. The van der Waals surface area contributed by atoms with Gasteiger partial charge in [-0.05, 0) is 48.9 Å². The lowest BCUT2D eigenvalue weighted by atomic mass is 9.90. The molecule has 2 aliphatic heterocycles. The van der Waals surface area contributed by atoms with Crippen molar-refractivity contribution in [3.8, 4) is 0 Å². The van der Waals surface area contributed by atoms with Crippen molar-refractivity contribution in [2.45, 2.75) is 19.1 Å². The summed E-state index contributed by atoms with van der Waals surface area (Å²) in [6, 6.07) is 22.2. The van der Waals surface area contributed by atoms with Gasteiger partial charge in [0.1, 0.15) is 11.7 Å². The zero-order valence-electron chi connectivity index (χ0n) is 16.2. The molecule has 0 unspecified atom stereocenters. The first-order valence-corrected chi connectivity index (χ1v) is 9.75. The van der Waals surface area contributed by atoms with E-state index >= 15 is 0 Å².